The van der Waals surface area contributed by atoms with Crippen LogP contribution in [0.25, 0.3) is 10.9 Å². The molecule has 7 nitrogen and oxygen atoms in total. The van der Waals surface area contributed by atoms with Crippen LogP contribution in [0.3, 0.4) is 0 Å². The molecule has 0 saturated heterocycles. The molecule has 0 aliphatic heterocycles. The number of aromatic nitrogens is 2. The van der Waals surface area contributed by atoms with Crippen molar-refractivity contribution >= 4 is 16.8 Å². The van der Waals surface area contributed by atoms with E-state index in [2.05, 4.69) is 9.97 Å². The van der Waals surface area contributed by atoms with Gasteiger partial charge in [0.1, 0.15) is 11.6 Å². The van der Waals surface area contributed by atoms with Crippen molar-refractivity contribution in [3.05, 3.63) is 64.0 Å². The van der Waals surface area contributed by atoms with Crippen LogP contribution in [0, 0.1) is 5.82 Å². The van der Waals surface area contributed by atoms with Gasteiger partial charge in [-0.1, -0.05) is 12.1 Å². The van der Waals surface area contributed by atoms with Gasteiger partial charge < -0.3 is 19.4 Å². The van der Waals surface area contributed by atoms with Crippen LogP contribution in [0.4, 0.5) is 4.39 Å². The van der Waals surface area contributed by atoms with Crippen molar-refractivity contribution in [2.45, 2.75) is 13.5 Å². The molecule has 2 aromatic carbocycles. The summed E-state index contributed by atoms with van der Waals surface area (Å²) in [6.45, 7) is 2.12. The van der Waals surface area contributed by atoms with Crippen molar-refractivity contribution in [1.82, 2.24) is 14.9 Å². The van der Waals surface area contributed by atoms with Crippen LogP contribution in [-0.2, 0) is 6.54 Å². The molecule has 0 aliphatic carbocycles. The predicted molar refractivity (Wildman–Crippen MR) is 102 cm³/mol. The number of H-pyrrole nitrogens is 1. The van der Waals surface area contributed by atoms with Crippen LogP contribution in [-0.4, -0.2) is 41.5 Å². The van der Waals surface area contributed by atoms with E-state index in [-0.39, 0.29) is 23.5 Å². The highest BCUT2D eigenvalue weighted by molar-refractivity contribution is 5.94. The van der Waals surface area contributed by atoms with Crippen LogP contribution < -0.4 is 15.0 Å². The minimum absolute atomic E-state index is 0.0288. The van der Waals surface area contributed by atoms with Crippen molar-refractivity contribution in [3.63, 3.8) is 0 Å². The summed E-state index contributed by atoms with van der Waals surface area (Å²) in [6.07, 6.45) is 0. The zero-order valence-corrected chi connectivity index (χ0v) is 15.8. The number of ether oxygens (including phenoxy) is 2. The average molecular weight is 385 g/mol. The van der Waals surface area contributed by atoms with Gasteiger partial charge >= 0.3 is 0 Å². The van der Waals surface area contributed by atoms with Gasteiger partial charge in [0, 0.05) is 12.6 Å². The summed E-state index contributed by atoms with van der Waals surface area (Å²) in [6, 6.07) is 8.92. The van der Waals surface area contributed by atoms with E-state index in [4.69, 9.17) is 9.47 Å². The number of carbonyl (C=O) groups excluding carboxylic acids is 1. The van der Waals surface area contributed by atoms with E-state index in [1.54, 1.807) is 25.1 Å². The highest BCUT2D eigenvalue weighted by Crippen LogP contribution is 2.30. The first-order valence-electron chi connectivity index (χ1n) is 8.67. The number of aromatic amines is 1. The molecule has 1 amide bonds. The van der Waals surface area contributed by atoms with Gasteiger partial charge in [-0.05, 0) is 25.1 Å². The molecular formula is C20H20FN3O4. The number of hydrogen-bond acceptors (Lipinski definition) is 5. The zero-order valence-electron chi connectivity index (χ0n) is 15.8. The smallest absolute Gasteiger partial charge is 0.258 e. The average Bonchev–Trinajstić information content (AvgIpc) is 2.71. The van der Waals surface area contributed by atoms with Gasteiger partial charge in [-0.2, -0.15) is 0 Å². The third-order valence-electron chi connectivity index (χ3n) is 4.37. The molecule has 0 radical (unpaired) electrons. The van der Waals surface area contributed by atoms with E-state index in [0.29, 0.717) is 28.9 Å². The lowest BCUT2D eigenvalue weighted by Gasteiger charge is -2.20. The molecule has 1 N–H and O–H groups in total. The van der Waals surface area contributed by atoms with Gasteiger partial charge in [-0.3, -0.25) is 9.59 Å². The Bertz CT molecular complexity index is 1080. The molecule has 0 unspecified atom stereocenters. The van der Waals surface area contributed by atoms with Crippen molar-refractivity contribution < 1.29 is 18.7 Å². The van der Waals surface area contributed by atoms with Crippen molar-refractivity contribution in [2.75, 3.05) is 20.8 Å². The van der Waals surface area contributed by atoms with Crippen LogP contribution >= 0.6 is 0 Å². The topological polar surface area (TPSA) is 84.5 Å². The Morgan fingerprint density at radius 3 is 2.50 bits per heavy atom. The molecule has 0 spiro atoms. The first-order chi connectivity index (χ1) is 13.5. The number of nitrogens with one attached hydrogen (secondary N) is 1. The van der Waals surface area contributed by atoms with Gasteiger partial charge in [0.05, 0.1) is 37.2 Å². The normalized spacial score (nSPS) is 10.7. The van der Waals surface area contributed by atoms with Crippen LogP contribution in [0.5, 0.6) is 11.5 Å². The fourth-order valence-corrected chi connectivity index (χ4v) is 2.90. The Morgan fingerprint density at radius 1 is 1.18 bits per heavy atom. The summed E-state index contributed by atoms with van der Waals surface area (Å²) in [7, 11) is 2.97. The molecule has 146 valence electrons. The summed E-state index contributed by atoms with van der Waals surface area (Å²) in [4.78, 5) is 33.6. The van der Waals surface area contributed by atoms with Crippen LogP contribution in [0.1, 0.15) is 23.1 Å². The van der Waals surface area contributed by atoms with Crippen LogP contribution in [0.2, 0.25) is 0 Å². The minimum atomic E-state index is -0.595. The van der Waals surface area contributed by atoms with E-state index in [9.17, 15) is 14.0 Å². The molecule has 1 heterocycles. The molecule has 3 rings (SSSR count). The third kappa shape index (κ3) is 3.66. The van der Waals surface area contributed by atoms with Crippen LogP contribution in [0.15, 0.2) is 41.2 Å². The number of halogens is 1. The largest absolute Gasteiger partial charge is 0.493 e. The number of rotatable bonds is 6. The molecular weight excluding hydrogens is 365 g/mol. The molecule has 0 aliphatic rings. The summed E-state index contributed by atoms with van der Waals surface area (Å²) < 4.78 is 24.4. The zero-order chi connectivity index (χ0) is 20.3. The van der Waals surface area contributed by atoms with E-state index >= 15 is 0 Å². The minimum Gasteiger partial charge on any atom is -0.493 e. The molecule has 3 aromatic rings. The number of amides is 1. The fourth-order valence-electron chi connectivity index (χ4n) is 2.90. The van der Waals surface area contributed by atoms with Gasteiger partial charge in [-0.15, -0.1) is 0 Å². The van der Waals surface area contributed by atoms with Gasteiger partial charge in [0.25, 0.3) is 11.5 Å². The Balaban J connectivity index is 1.97. The number of benzene rings is 2. The van der Waals surface area contributed by atoms with E-state index in [1.165, 1.54) is 37.3 Å². The van der Waals surface area contributed by atoms with Gasteiger partial charge in [-0.25, -0.2) is 9.37 Å². The molecule has 0 fully saturated rings. The lowest BCUT2D eigenvalue weighted by molar-refractivity contribution is 0.0743. The quantitative estimate of drug-likeness (QED) is 0.705. The predicted octanol–water partition coefficient (Wildman–Crippen LogP) is 2.74. The number of nitrogens with zero attached hydrogens (tertiary/aromatic N) is 2. The molecule has 28 heavy (non-hydrogen) atoms. The Kier molecular flexibility index (Phi) is 5.58. The highest BCUT2D eigenvalue weighted by atomic mass is 19.1. The standard InChI is InChI=1S/C20H20FN3O4/c1-4-24(20(26)12-7-5-6-8-14(12)21)11-18-22-15-10-17(28-3)16(27-2)9-13(15)19(25)23-18/h5-10H,4,11H2,1-3H3,(H,22,23,25). The maximum absolute atomic E-state index is 14.0. The molecule has 0 saturated carbocycles. The second-order valence-corrected chi connectivity index (χ2v) is 6.04. The van der Waals surface area contributed by atoms with Gasteiger partial charge in [0.2, 0.25) is 0 Å². The summed E-state index contributed by atoms with van der Waals surface area (Å²) in [5.74, 6) is 0.0726. The number of methoxy groups -OCH3 is 2. The van der Waals surface area contributed by atoms with E-state index < -0.39 is 11.7 Å². The molecule has 1 aromatic heterocycles. The second kappa shape index (κ2) is 8.08. The van der Waals surface area contributed by atoms with E-state index in [1.807, 2.05) is 0 Å². The maximum Gasteiger partial charge on any atom is 0.258 e. The fraction of sp³-hybridized carbons (Fsp3) is 0.250. The van der Waals surface area contributed by atoms with Gasteiger partial charge in [0.15, 0.2) is 11.5 Å². The number of fused-ring (bicyclic) bond motifs is 1. The van der Waals surface area contributed by atoms with E-state index in [0.717, 1.165) is 0 Å². The summed E-state index contributed by atoms with van der Waals surface area (Å²) >= 11 is 0. The maximum atomic E-state index is 14.0. The first kappa shape index (κ1) is 19.3. The Hall–Kier alpha value is -3.42. The third-order valence-corrected chi connectivity index (χ3v) is 4.37. The molecule has 0 bridgehead atoms. The second-order valence-electron chi connectivity index (χ2n) is 6.04. The van der Waals surface area contributed by atoms with Crippen molar-refractivity contribution in [3.8, 4) is 11.5 Å². The number of hydrogen-bond donors (Lipinski definition) is 1. The highest BCUT2D eigenvalue weighted by Gasteiger charge is 2.19. The lowest BCUT2D eigenvalue weighted by atomic mass is 10.2. The lowest BCUT2D eigenvalue weighted by Crippen LogP contribution is -2.32. The van der Waals surface area contributed by atoms with Crippen molar-refractivity contribution in [1.29, 1.82) is 0 Å². The molecule has 0 atom stereocenters. The van der Waals surface area contributed by atoms with Crippen molar-refractivity contribution in [2.24, 2.45) is 0 Å². The Labute approximate surface area is 160 Å². The summed E-state index contributed by atoms with van der Waals surface area (Å²) in [5, 5.41) is 0.338. The Morgan fingerprint density at radius 2 is 1.86 bits per heavy atom. The first-order valence-corrected chi connectivity index (χ1v) is 8.67. The molecule has 8 heteroatoms. The summed E-state index contributed by atoms with van der Waals surface area (Å²) in [5.41, 5.74) is 0.0139. The number of carbonyl (C=O) groups is 1. The SMILES string of the molecule is CCN(Cc1nc2cc(OC)c(OC)cc2c(=O)[nH]1)C(=O)c1ccccc1F. The monoisotopic (exact) mass is 385 g/mol.